The van der Waals surface area contributed by atoms with Crippen LogP contribution < -0.4 is 5.32 Å². The number of pyridine rings is 1. The molecule has 2 aromatic rings. The molecule has 21 heavy (non-hydrogen) atoms. The SMILES string of the molecule is CC(C)C1CC(Nc2ccc(-n3cccn3)nc2)CCO1. The second kappa shape index (κ2) is 6.26. The molecule has 0 aliphatic carbocycles. The van der Waals surface area contributed by atoms with Crippen LogP contribution in [0.4, 0.5) is 5.69 Å². The molecule has 1 aliphatic rings. The minimum Gasteiger partial charge on any atom is -0.381 e. The van der Waals surface area contributed by atoms with E-state index in [1.165, 1.54) is 0 Å². The molecule has 0 amide bonds. The fourth-order valence-corrected chi connectivity index (χ4v) is 2.67. The molecule has 0 aromatic carbocycles. The summed E-state index contributed by atoms with van der Waals surface area (Å²) in [5.74, 6) is 1.40. The van der Waals surface area contributed by atoms with E-state index in [0.29, 0.717) is 18.1 Å². The third-order valence-corrected chi connectivity index (χ3v) is 3.92. The molecule has 1 aliphatic heterocycles. The molecule has 3 heterocycles. The molecule has 5 nitrogen and oxygen atoms in total. The van der Waals surface area contributed by atoms with Crippen LogP contribution >= 0.6 is 0 Å². The standard InChI is InChI=1S/C16H22N4O/c1-12(2)15-10-13(6-9-21-15)19-14-4-5-16(17-11-14)20-8-3-7-18-20/h3-5,7-8,11-13,15,19H,6,9-10H2,1-2H3. The van der Waals surface area contributed by atoms with Gasteiger partial charge < -0.3 is 10.1 Å². The first-order valence-electron chi connectivity index (χ1n) is 7.56. The van der Waals surface area contributed by atoms with Gasteiger partial charge in [-0.15, -0.1) is 0 Å². The van der Waals surface area contributed by atoms with Crippen LogP contribution in [-0.4, -0.2) is 33.5 Å². The Labute approximate surface area is 125 Å². The number of rotatable bonds is 4. The number of ether oxygens (including phenoxy) is 1. The zero-order valence-electron chi connectivity index (χ0n) is 12.6. The Kier molecular flexibility index (Phi) is 4.20. The topological polar surface area (TPSA) is 52.0 Å². The van der Waals surface area contributed by atoms with Gasteiger partial charge in [0.1, 0.15) is 0 Å². The molecule has 1 N–H and O–H groups in total. The maximum Gasteiger partial charge on any atom is 0.153 e. The van der Waals surface area contributed by atoms with Gasteiger partial charge in [0, 0.05) is 25.0 Å². The van der Waals surface area contributed by atoms with Crippen LogP contribution in [0.3, 0.4) is 0 Å². The first kappa shape index (κ1) is 14.1. The Morgan fingerprint density at radius 2 is 2.29 bits per heavy atom. The van der Waals surface area contributed by atoms with Crippen molar-refractivity contribution in [2.75, 3.05) is 11.9 Å². The molecule has 3 rings (SSSR count). The van der Waals surface area contributed by atoms with Crippen molar-refractivity contribution in [2.45, 2.75) is 38.8 Å². The highest BCUT2D eigenvalue weighted by atomic mass is 16.5. The molecule has 1 fully saturated rings. The van der Waals surface area contributed by atoms with Crippen LogP contribution in [0.5, 0.6) is 0 Å². The van der Waals surface area contributed by atoms with Crippen molar-refractivity contribution < 1.29 is 4.74 Å². The normalized spacial score (nSPS) is 22.4. The van der Waals surface area contributed by atoms with Crippen molar-refractivity contribution in [1.29, 1.82) is 0 Å². The van der Waals surface area contributed by atoms with Gasteiger partial charge in [0.2, 0.25) is 0 Å². The van der Waals surface area contributed by atoms with Crippen molar-refractivity contribution >= 4 is 5.69 Å². The van der Waals surface area contributed by atoms with E-state index in [-0.39, 0.29) is 0 Å². The van der Waals surface area contributed by atoms with Gasteiger partial charge in [-0.1, -0.05) is 13.8 Å². The largest absolute Gasteiger partial charge is 0.381 e. The molecule has 2 atom stereocenters. The molecule has 0 radical (unpaired) electrons. The molecule has 1 saturated heterocycles. The summed E-state index contributed by atoms with van der Waals surface area (Å²) in [4.78, 5) is 4.45. The van der Waals surface area contributed by atoms with Crippen molar-refractivity contribution in [3.63, 3.8) is 0 Å². The molecule has 0 bridgehead atoms. The second-order valence-corrected chi connectivity index (χ2v) is 5.87. The first-order chi connectivity index (χ1) is 10.2. The Bertz CT molecular complexity index is 550. The molecule has 5 heteroatoms. The van der Waals surface area contributed by atoms with E-state index < -0.39 is 0 Å². The number of nitrogens with one attached hydrogen (secondary N) is 1. The summed E-state index contributed by atoms with van der Waals surface area (Å²) >= 11 is 0. The maximum atomic E-state index is 5.81. The summed E-state index contributed by atoms with van der Waals surface area (Å²) < 4.78 is 7.57. The van der Waals surface area contributed by atoms with Gasteiger partial charge in [0.05, 0.1) is 18.0 Å². The number of aromatic nitrogens is 3. The van der Waals surface area contributed by atoms with Gasteiger partial charge in [0.15, 0.2) is 5.82 Å². The van der Waals surface area contributed by atoms with Crippen LogP contribution in [0, 0.1) is 5.92 Å². The maximum absolute atomic E-state index is 5.81. The predicted molar refractivity (Wildman–Crippen MR) is 82.6 cm³/mol. The highest BCUT2D eigenvalue weighted by molar-refractivity contribution is 5.44. The smallest absolute Gasteiger partial charge is 0.153 e. The van der Waals surface area contributed by atoms with E-state index >= 15 is 0 Å². The lowest BCUT2D eigenvalue weighted by atomic mass is 9.95. The van der Waals surface area contributed by atoms with Crippen molar-refractivity contribution in [3.8, 4) is 5.82 Å². The molecular formula is C16H22N4O. The Hall–Kier alpha value is -1.88. The highest BCUT2D eigenvalue weighted by Crippen LogP contribution is 2.23. The Balaban J connectivity index is 1.62. The lowest BCUT2D eigenvalue weighted by molar-refractivity contribution is -0.0160. The van der Waals surface area contributed by atoms with Crippen LogP contribution in [0.2, 0.25) is 0 Å². The molecule has 0 spiro atoms. The van der Waals surface area contributed by atoms with Gasteiger partial charge in [-0.3, -0.25) is 0 Å². The number of hydrogen-bond donors (Lipinski definition) is 1. The predicted octanol–water partition coefficient (Wildman–Crippen LogP) is 2.88. The van der Waals surface area contributed by atoms with Gasteiger partial charge in [-0.2, -0.15) is 5.10 Å². The average Bonchev–Trinajstić information content (AvgIpc) is 3.02. The van der Waals surface area contributed by atoms with Gasteiger partial charge in [-0.25, -0.2) is 9.67 Å². The van der Waals surface area contributed by atoms with E-state index in [1.807, 2.05) is 24.5 Å². The molecule has 112 valence electrons. The summed E-state index contributed by atoms with van der Waals surface area (Å²) in [6.45, 7) is 5.26. The monoisotopic (exact) mass is 286 g/mol. The average molecular weight is 286 g/mol. The van der Waals surface area contributed by atoms with Crippen LogP contribution in [0.1, 0.15) is 26.7 Å². The third kappa shape index (κ3) is 3.42. The fraction of sp³-hybridized carbons (Fsp3) is 0.500. The molecule has 2 unspecified atom stereocenters. The van der Waals surface area contributed by atoms with E-state index in [2.05, 4.69) is 35.3 Å². The van der Waals surface area contributed by atoms with E-state index in [4.69, 9.17) is 4.74 Å². The lowest BCUT2D eigenvalue weighted by Crippen LogP contribution is -2.36. The van der Waals surface area contributed by atoms with Crippen molar-refractivity contribution in [3.05, 3.63) is 36.8 Å². The summed E-state index contributed by atoms with van der Waals surface area (Å²) in [5, 5.41) is 7.74. The van der Waals surface area contributed by atoms with E-state index in [9.17, 15) is 0 Å². The number of hydrogen-bond acceptors (Lipinski definition) is 4. The van der Waals surface area contributed by atoms with Crippen LogP contribution in [0.15, 0.2) is 36.8 Å². The fourth-order valence-electron chi connectivity index (χ4n) is 2.67. The highest BCUT2D eigenvalue weighted by Gasteiger charge is 2.24. The molecule has 2 aromatic heterocycles. The van der Waals surface area contributed by atoms with Crippen molar-refractivity contribution in [1.82, 2.24) is 14.8 Å². The first-order valence-corrected chi connectivity index (χ1v) is 7.56. The Morgan fingerprint density at radius 1 is 1.38 bits per heavy atom. The molecular weight excluding hydrogens is 264 g/mol. The number of anilines is 1. The van der Waals surface area contributed by atoms with Gasteiger partial charge in [0.25, 0.3) is 0 Å². The summed E-state index contributed by atoms with van der Waals surface area (Å²) in [7, 11) is 0. The summed E-state index contributed by atoms with van der Waals surface area (Å²) in [6, 6.07) is 6.39. The number of nitrogens with zero attached hydrogens (tertiary/aromatic N) is 3. The molecule has 0 saturated carbocycles. The zero-order chi connectivity index (χ0) is 14.7. The summed E-state index contributed by atoms with van der Waals surface area (Å²) in [5.41, 5.74) is 1.06. The van der Waals surface area contributed by atoms with Gasteiger partial charge in [-0.05, 0) is 37.0 Å². The quantitative estimate of drug-likeness (QED) is 0.939. The summed E-state index contributed by atoms with van der Waals surface area (Å²) in [6.07, 6.45) is 7.97. The van der Waals surface area contributed by atoms with Gasteiger partial charge >= 0.3 is 0 Å². The third-order valence-electron chi connectivity index (χ3n) is 3.92. The van der Waals surface area contributed by atoms with E-state index in [1.54, 1.807) is 10.9 Å². The van der Waals surface area contributed by atoms with Crippen molar-refractivity contribution in [2.24, 2.45) is 5.92 Å². The lowest BCUT2D eigenvalue weighted by Gasteiger charge is -2.32. The Morgan fingerprint density at radius 3 is 2.95 bits per heavy atom. The van der Waals surface area contributed by atoms with Crippen LogP contribution in [0.25, 0.3) is 5.82 Å². The minimum atomic E-state index is 0.354. The second-order valence-electron chi connectivity index (χ2n) is 5.87. The van der Waals surface area contributed by atoms with E-state index in [0.717, 1.165) is 31.0 Å². The zero-order valence-corrected chi connectivity index (χ0v) is 12.6. The minimum absolute atomic E-state index is 0.354. The van der Waals surface area contributed by atoms with Crippen LogP contribution in [-0.2, 0) is 4.74 Å².